The molecule has 5 heteroatoms. The summed E-state index contributed by atoms with van der Waals surface area (Å²) < 4.78 is 1.04. The van der Waals surface area contributed by atoms with Gasteiger partial charge in [0.25, 0.3) is 0 Å². The molecule has 0 aliphatic heterocycles. The Morgan fingerprint density at radius 1 is 1.27 bits per heavy atom. The Morgan fingerprint density at radius 2 is 1.96 bits per heavy atom. The summed E-state index contributed by atoms with van der Waals surface area (Å²) in [5, 5.41) is 0.727. The Bertz CT molecular complexity index is 764. The van der Waals surface area contributed by atoms with Gasteiger partial charge in [0.2, 0.25) is 6.41 Å². The molecule has 2 rings (SSSR count). The summed E-state index contributed by atoms with van der Waals surface area (Å²) in [7, 11) is 1.74. The number of hydrogen-bond donors (Lipinski definition) is 0. The largest absolute Gasteiger partial charge is 0.297 e. The molecule has 3 nitrogen and oxygen atoms in total. The van der Waals surface area contributed by atoms with E-state index in [9.17, 15) is 4.79 Å². The minimum atomic E-state index is -0.0208. The van der Waals surface area contributed by atoms with Crippen molar-refractivity contribution in [3.05, 3.63) is 69.7 Å². The van der Waals surface area contributed by atoms with Crippen molar-refractivity contribution in [1.29, 1.82) is 0 Å². The lowest BCUT2D eigenvalue weighted by Gasteiger charge is -2.23. The summed E-state index contributed by atoms with van der Waals surface area (Å²) in [6, 6.07) is 16.8. The molecule has 0 saturated heterocycles. The fourth-order valence-electron chi connectivity index (χ4n) is 2.94. The molecule has 0 saturated carbocycles. The van der Waals surface area contributed by atoms with Gasteiger partial charge in [-0.15, -0.1) is 0 Å². The van der Waals surface area contributed by atoms with Crippen LogP contribution in [-0.4, -0.2) is 29.8 Å². The quantitative estimate of drug-likeness (QED) is 0.328. The first-order chi connectivity index (χ1) is 12.5. The van der Waals surface area contributed by atoms with Gasteiger partial charge >= 0.3 is 0 Å². The number of amidine groups is 1. The third-order valence-corrected chi connectivity index (χ3v) is 5.71. The van der Waals surface area contributed by atoms with Crippen LogP contribution in [0.25, 0.3) is 0 Å². The second-order valence-electron chi connectivity index (χ2n) is 6.40. The van der Waals surface area contributed by atoms with Gasteiger partial charge in [0.1, 0.15) is 0 Å². The number of carbonyl (C=O) groups excluding carboxylic acids is 1. The molecule has 1 amide bonds. The summed E-state index contributed by atoms with van der Waals surface area (Å²) in [5.41, 5.74) is 3.69. The molecule has 0 fully saturated rings. The molecule has 0 aromatic heterocycles. The molecule has 0 heterocycles. The molecule has 0 aliphatic rings. The third-order valence-electron chi connectivity index (χ3n) is 4.45. The summed E-state index contributed by atoms with van der Waals surface area (Å²) in [6.07, 6.45) is 3.63. The van der Waals surface area contributed by atoms with Crippen LogP contribution in [0, 0.1) is 6.92 Å². The molecule has 0 N–H and O–H groups in total. The minimum Gasteiger partial charge on any atom is -0.297 e. The second kappa shape index (κ2) is 9.93. The summed E-state index contributed by atoms with van der Waals surface area (Å²) in [6.45, 7) is 4.34. The van der Waals surface area contributed by atoms with Gasteiger partial charge in [-0.1, -0.05) is 71.0 Å². The molecule has 138 valence electrons. The predicted molar refractivity (Wildman–Crippen MR) is 116 cm³/mol. The van der Waals surface area contributed by atoms with Gasteiger partial charge in [-0.3, -0.25) is 14.7 Å². The molecular formula is C21H25BrN2OS. The van der Waals surface area contributed by atoms with Gasteiger partial charge < -0.3 is 0 Å². The van der Waals surface area contributed by atoms with Crippen LogP contribution in [0.2, 0.25) is 0 Å². The van der Waals surface area contributed by atoms with E-state index >= 15 is 0 Å². The maximum Gasteiger partial charge on any atom is 0.215 e. The van der Waals surface area contributed by atoms with E-state index in [0.29, 0.717) is 5.92 Å². The van der Waals surface area contributed by atoms with Crippen LogP contribution in [-0.2, 0) is 4.79 Å². The zero-order chi connectivity index (χ0) is 19.1. The highest BCUT2D eigenvalue weighted by Gasteiger charge is 2.20. The Hall–Kier alpha value is -1.59. The monoisotopic (exact) mass is 432 g/mol. The average Bonchev–Trinajstić information content (AvgIpc) is 2.67. The fraction of sp³-hybridized carbons (Fsp3) is 0.333. The van der Waals surface area contributed by atoms with Gasteiger partial charge in [-0.2, -0.15) is 0 Å². The maximum atomic E-state index is 11.2. The van der Waals surface area contributed by atoms with Gasteiger partial charge in [0.05, 0.1) is 6.04 Å². The topological polar surface area (TPSA) is 32.7 Å². The van der Waals surface area contributed by atoms with E-state index in [1.54, 1.807) is 7.05 Å². The van der Waals surface area contributed by atoms with Crippen LogP contribution < -0.4 is 0 Å². The summed E-state index contributed by atoms with van der Waals surface area (Å²) in [4.78, 5) is 17.7. The first-order valence-electron chi connectivity index (χ1n) is 8.57. The number of thioether (sulfide) groups is 1. The molecule has 2 aromatic carbocycles. The Morgan fingerprint density at radius 3 is 2.58 bits per heavy atom. The molecule has 0 radical (unpaired) electrons. The van der Waals surface area contributed by atoms with Gasteiger partial charge in [-0.05, 0) is 54.3 Å². The Labute approximate surface area is 169 Å². The standard InChI is InChI=1S/C21H25BrN2OS/c1-15-10-11-18(22)13-19(15)20(23-21(26-4)24(3)14-25)12-16(2)17-8-6-5-7-9-17/h5-11,13-14,16,20H,12H2,1-4H3. The number of carbonyl (C=O) groups is 1. The van der Waals surface area contributed by atoms with Crippen molar-refractivity contribution in [3.63, 3.8) is 0 Å². The molecule has 2 unspecified atom stereocenters. The van der Waals surface area contributed by atoms with E-state index in [-0.39, 0.29) is 6.04 Å². The molecule has 26 heavy (non-hydrogen) atoms. The molecule has 2 atom stereocenters. The van der Waals surface area contributed by atoms with Crippen LogP contribution in [0.1, 0.15) is 42.0 Å². The van der Waals surface area contributed by atoms with Crippen LogP contribution in [0.4, 0.5) is 0 Å². The highest BCUT2D eigenvalue weighted by Crippen LogP contribution is 2.34. The SMILES string of the molecule is CSC(=NC(CC(C)c1ccccc1)c1cc(Br)ccc1C)N(C)C=O. The molecule has 0 bridgehead atoms. The van der Waals surface area contributed by atoms with Crippen molar-refractivity contribution in [2.45, 2.75) is 32.2 Å². The lowest BCUT2D eigenvalue weighted by atomic mass is 9.89. The number of aliphatic imine (C=N–C) groups is 1. The predicted octanol–water partition coefficient (Wildman–Crippen LogP) is 5.80. The number of halogens is 1. The van der Waals surface area contributed by atoms with Crippen LogP contribution in [0.5, 0.6) is 0 Å². The lowest BCUT2D eigenvalue weighted by Crippen LogP contribution is -2.23. The number of hydrogen-bond acceptors (Lipinski definition) is 3. The van der Waals surface area contributed by atoms with Gasteiger partial charge in [0, 0.05) is 11.5 Å². The van der Waals surface area contributed by atoms with Crippen LogP contribution in [0.15, 0.2) is 58.0 Å². The molecule has 2 aromatic rings. The van der Waals surface area contributed by atoms with Crippen molar-refractivity contribution < 1.29 is 4.79 Å². The highest BCUT2D eigenvalue weighted by atomic mass is 79.9. The lowest BCUT2D eigenvalue weighted by molar-refractivity contribution is -0.113. The van der Waals surface area contributed by atoms with Gasteiger partial charge in [0.15, 0.2) is 5.17 Å². The minimum absolute atomic E-state index is 0.0208. The molecular weight excluding hydrogens is 408 g/mol. The van der Waals surface area contributed by atoms with Crippen molar-refractivity contribution in [1.82, 2.24) is 4.90 Å². The second-order valence-corrected chi connectivity index (χ2v) is 8.09. The zero-order valence-corrected chi connectivity index (χ0v) is 18.0. The van der Waals surface area contributed by atoms with E-state index in [4.69, 9.17) is 4.99 Å². The van der Waals surface area contributed by atoms with Crippen molar-refractivity contribution in [3.8, 4) is 0 Å². The molecule has 0 spiro atoms. The fourth-order valence-corrected chi connectivity index (χ4v) is 3.88. The summed E-state index contributed by atoms with van der Waals surface area (Å²) >= 11 is 5.07. The first-order valence-corrected chi connectivity index (χ1v) is 10.6. The number of aryl methyl sites for hydroxylation is 1. The summed E-state index contributed by atoms with van der Waals surface area (Å²) in [5.74, 6) is 0.355. The highest BCUT2D eigenvalue weighted by molar-refractivity contribution is 9.10. The molecule has 0 aliphatic carbocycles. The third kappa shape index (κ3) is 5.45. The van der Waals surface area contributed by atoms with Crippen molar-refractivity contribution >= 4 is 39.3 Å². The maximum absolute atomic E-state index is 11.2. The van der Waals surface area contributed by atoms with E-state index < -0.39 is 0 Å². The van der Waals surface area contributed by atoms with Crippen molar-refractivity contribution in [2.24, 2.45) is 4.99 Å². The number of nitrogens with zero attached hydrogens (tertiary/aromatic N) is 2. The van der Waals surface area contributed by atoms with Gasteiger partial charge in [-0.25, -0.2) is 0 Å². The Kier molecular flexibility index (Phi) is 7.91. The first kappa shape index (κ1) is 20.7. The normalized spacial score (nSPS) is 14.0. The van der Waals surface area contributed by atoms with Crippen LogP contribution >= 0.6 is 27.7 Å². The van der Waals surface area contributed by atoms with E-state index in [0.717, 1.165) is 22.5 Å². The number of rotatable bonds is 6. The average molecular weight is 433 g/mol. The Balaban J connectivity index is 2.42. The zero-order valence-electron chi connectivity index (χ0n) is 15.6. The van der Waals surface area contributed by atoms with Crippen LogP contribution in [0.3, 0.4) is 0 Å². The smallest absolute Gasteiger partial charge is 0.215 e. The van der Waals surface area contributed by atoms with E-state index in [2.05, 4.69) is 66.2 Å². The van der Waals surface area contributed by atoms with E-state index in [1.807, 2.05) is 18.4 Å². The number of amides is 1. The number of benzene rings is 2. The van der Waals surface area contributed by atoms with E-state index in [1.165, 1.54) is 33.4 Å². The van der Waals surface area contributed by atoms with Crippen molar-refractivity contribution in [2.75, 3.05) is 13.3 Å².